The number of carboxylic acid groups (broad SMARTS) is 1. The molecular formula is C11H14ClNO4S2. The molecule has 3 N–H and O–H groups in total. The van der Waals surface area contributed by atoms with Crippen molar-refractivity contribution in [1.82, 2.24) is 5.32 Å². The van der Waals surface area contributed by atoms with Gasteiger partial charge in [-0.15, -0.1) is 23.1 Å². The standard InChI is InChI=1S/C11H14ClNO4S2/c12-9-2-1-7(19-9)5-18-6-10(15)13-4-3-8(14)11(16)17/h1-2,8,14H,3-6H2,(H,13,15)(H,16,17)/t8-/m0/s1. The highest BCUT2D eigenvalue weighted by Crippen LogP contribution is 2.24. The fourth-order valence-electron chi connectivity index (χ4n) is 1.20. The Kier molecular flexibility index (Phi) is 7.22. The van der Waals surface area contributed by atoms with Crippen molar-refractivity contribution in [2.45, 2.75) is 18.3 Å². The largest absolute Gasteiger partial charge is 0.479 e. The van der Waals surface area contributed by atoms with Gasteiger partial charge in [-0.05, 0) is 12.1 Å². The smallest absolute Gasteiger partial charge is 0.332 e. The van der Waals surface area contributed by atoms with Crippen LogP contribution in [0.3, 0.4) is 0 Å². The average molecular weight is 324 g/mol. The number of carbonyl (C=O) groups excluding carboxylic acids is 1. The molecule has 0 bridgehead atoms. The number of aliphatic carboxylic acids is 1. The lowest BCUT2D eigenvalue weighted by atomic mass is 10.2. The molecule has 0 aliphatic rings. The molecule has 0 aliphatic carbocycles. The maximum atomic E-state index is 11.4. The summed E-state index contributed by atoms with van der Waals surface area (Å²) in [6, 6.07) is 3.73. The van der Waals surface area contributed by atoms with E-state index in [4.69, 9.17) is 21.8 Å². The normalized spacial score (nSPS) is 12.1. The number of carboxylic acids is 1. The van der Waals surface area contributed by atoms with Crippen LogP contribution < -0.4 is 5.32 Å². The second-order valence-corrected chi connectivity index (χ2v) is 6.48. The van der Waals surface area contributed by atoms with Crippen molar-refractivity contribution < 1.29 is 19.8 Å². The van der Waals surface area contributed by atoms with Gasteiger partial charge in [0, 0.05) is 23.6 Å². The minimum Gasteiger partial charge on any atom is -0.479 e. The first kappa shape index (κ1) is 16.3. The molecule has 0 aromatic carbocycles. The van der Waals surface area contributed by atoms with Gasteiger partial charge in [0.1, 0.15) is 0 Å². The van der Waals surface area contributed by atoms with E-state index in [1.165, 1.54) is 23.1 Å². The third-order valence-corrected chi connectivity index (χ3v) is 4.53. The highest BCUT2D eigenvalue weighted by molar-refractivity contribution is 7.99. The minimum atomic E-state index is -1.43. The van der Waals surface area contributed by atoms with E-state index < -0.39 is 12.1 Å². The van der Waals surface area contributed by atoms with E-state index in [2.05, 4.69) is 5.32 Å². The maximum absolute atomic E-state index is 11.4. The number of halogens is 1. The quantitative estimate of drug-likeness (QED) is 0.676. The summed E-state index contributed by atoms with van der Waals surface area (Å²) in [5.74, 6) is -0.454. The van der Waals surface area contributed by atoms with Gasteiger partial charge in [-0.3, -0.25) is 4.79 Å². The lowest BCUT2D eigenvalue weighted by molar-refractivity contribution is -0.147. The number of aliphatic hydroxyl groups excluding tert-OH is 1. The summed E-state index contributed by atoms with van der Waals surface area (Å²) in [5.41, 5.74) is 0. The zero-order valence-corrected chi connectivity index (χ0v) is 12.4. The molecule has 0 radical (unpaired) electrons. The number of aliphatic hydroxyl groups is 1. The highest BCUT2D eigenvalue weighted by Gasteiger charge is 2.12. The van der Waals surface area contributed by atoms with Crippen molar-refractivity contribution in [3.05, 3.63) is 21.3 Å². The molecule has 8 heteroatoms. The highest BCUT2D eigenvalue weighted by atomic mass is 35.5. The molecule has 0 spiro atoms. The molecule has 0 aliphatic heterocycles. The molecule has 1 amide bonds. The van der Waals surface area contributed by atoms with Crippen LogP contribution in [-0.4, -0.2) is 40.5 Å². The Morgan fingerprint density at radius 3 is 2.79 bits per heavy atom. The van der Waals surface area contributed by atoms with Gasteiger partial charge in [0.05, 0.1) is 10.1 Å². The third-order valence-electron chi connectivity index (χ3n) is 2.13. The molecule has 106 valence electrons. The van der Waals surface area contributed by atoms with E-state index >= 15 is 0 Å². The van der Waals surface area contributed by atoms with Gasteiger partial charge in [0.15, 0.2) is 6.10 Å². The molecule has 19 heavy (non-hydrogen) atoms. The van der Waals surface area contributed by atoms with E-state index in [9.17, 15) is 9.59 Å². The zero-order valence-electron chi connectivity index (χ0n) is 9.97. The number of carbonyl (C=O) groups is 2. The molecule has 0 saturated heterocycles. The fraction of sp³-hybridized carbons (Fsp3) is 0.455. The number of hydrogen-bond donors (Lipinski definition) is 3. The minimum absolute atomic E-state index is 0.00622. The second-order valence-electron chi connectivity index (χ2n) is 3.69. The molecule has 0 saturated carbocycles. The van der Waals surface area contributed by atoms with E-state index in [-0.39, 0.29) is 18.9 Å². The first-order valence-corrected chi connectivity index (χ1v) is 7.83. The van der Waals surface area contributed by atoms with Crippen LogP contribution in [0.25, 0.3) is 0 Å². The van der Waals surface area contributed by atoms with E-state index in [1.54, 1.807) is 0 Å². The van der Waals surface area contributed by atoms with Gasteiger partial charge in [-0.2, -0.15) is 0 Å². The monoisotopic (exact) mass is 323 g/mol. The summed E-state index contributed by atoms with van der Waals surface area (Å²) in [6.45, 7) is 0.150. The lowest BCUT2D eigenvalue weighted by Gasteiger charge is -2.07. The first-order chi connectivity index (χ1) is 8.99. The van der Waals surface area contributed by atoms with E-state index in [1.807, 2.05) is 12.1 Å². The predicted octanol–water partition coefficient (Wildman–Crippen LogP) is 1.59. The third kappa shape index (κ3) is 6.81. The van der Waals surface area contributed by atoms with Gasteiger partial charge < -0.3 is 15.5 Å². The van der Waals surface area contributed by atoms with Crippen LogP contribution in [0, 0.1) is 0 Å². The van der Waals surface area contributed by atoms with E-state index in [0.29, 0.717) is 11.5 Å². The van der Waals surface area contributed by atoms with Gasteiger partial charge in [0.25, 0.3) is 0 Å². The van der Waals surface area contributed by atoms with Crippen LogP contribution in [0.1, 0.15) is 11.3 Å². The van der Waals surface area contributed by atoms with Crippen molar-refractivity contribution >= 4 is 46.6 Å². The number of nitrogens with one attached hydrogen (secondary N) is 1. The summed E-state index contributed by atoms with van der Waals surface area (Å²) < 4.78 is 0.725. The number of thioether (sulfide) groups is 1. The number of thiophene rings is 1. The van der Waals surface area contributed by atoms with Crippen molar-refractivity contribution in [3.8, 4) is 0 Å². The van der Waals surface area contributed by atoms with Crippen LogP contribution in [0.4, 0.5) is 0 Å². The predicted molar refractivity (Wildman–Crippen MR) is 76.8 cm³/mol. The Bertz CT molecular complexity index is 438. The summed E-state index contributed by atoms with van der Waals surface area (Å²) in [6.07, 6.45) is -1.42. The van der Waals surface area contributed by atoms with Gasteiger partial charge in [0.2, 0.25) is 5.91 Å². The second kappa shape index (κ2) is 8.42. The number of rotatable bonds is 8. The summed E-state index contributed by atoms with van der Waals surface area (Å²) in [7, 11) is 0. The Balaban J connectivity index is 2.10. The Hall–Kier alpha value is -0.760. The molecular weight excluding hydrogens is 310 g/mol. The van der Waals surface area contributed by atoms with Gasteiger partial charge in [-0.1, -0.05) is 11.6 Å². The van der Waals surface area contributed by atoms with Crippen molar-refractivity contribution in [3.63, 3.8) is 0 Å². The van der Waals surface area contributed by atoms with E-state index in [0.717, 1.165) is 9.21 Å². The summed E-state index contributed by atoms with van der Waals surface area (Å²) in [4.78, 5) is 22.8. The lowest BCUT2D eigenvalue weighted by Crippen LogP contribution is -2.31. The maximum Gasteiger partial charge on any atom is 0.332 e. The number of hydrogen-bond acceptors (Lipinski definition) is 5. The average Bonchev–Trinajstić information content (AvgIpc) is 2.74. The van der Waals surface area contributed by atoms with Crippen LogP contribution in [0.15, 0.2) is 12.1 Å². The molecule has 1 atom stereocenters. The van der Waals surface area contributed by atoms with Crippen LogP contribution >= 0.6 is 34.7 Å². The van der Waals surface area contributed by atoms with Gasteiger partial charge >= 0.3 is 5.97 Å². The molecule has 1 aromatic heterocycles. The number of amides is 1. The first-order valence-electron chi connectivity index (χ1n) is 5.48. The van der Waals surface area contributed by atoms with Gasteiger partial charge in [-0.25, -0.2) is 4.79 Å². The molecule has 0 unspecified atom stereocenters. The SMILES string of the molecule is O=C(CSCc1ccc(Cl)s1)NCC[C@H](O)C(=O)O. The van der Waals surface area contributed by atoms with Crippen molar-refractivity contribution in [2.75, 3.05) is 12.3 Å². The molecule has 5 nitrogen and oxygen atoms in total. The van der Waals surface area contributed by atoms with Crippen LogP contribution in [-0.2, 0) is 15.3 Å². The Morgan fingerprint density at radius 1 is 1.47 bits per heavy atom. The molecule has 0 fully saturated rings. The molecule has 1 rings (SSSR count). The topological polar surface area (TPSA) is 86.6 Å². The molecule has 1 heterocycles. The van der Waals surface area contributed by atoms with Crippen molar-refractivity contribution in [2.24, 2.45) is 0 Å². The fourth-order valence-corrected chi connectivity index (χ4v) is 3.25. The summed E-state index contributed by atoms with van der Waals surface area (Å²) >= 11 is 8.72. The zero-order chi connectivity index (χ0) is 14.3. The summed E-state index contributed by atoms with van der Waals surface area (Å²) in [5, 5.41) is 20.0. The van der Waals surface area contributed by atoms with Crippen molar-refractivity contribution in [1.29, 1.82) is 0 Å². The van der Waals surface area contributed by atoms with Crippen LogP contribution in [0.5, 0.6) is 0 Å². The Labute approximate surface area is 124 Å². The molecule has 1 aromatic rings. The Morgan fingerprint density at radius 2 is 2.21 bits per heavy atom. The van der Waals surface area contributed by atoms with Crippen LogP contribution in [0.2, 0.25) is 4.34 Å².